The summed E-state index contributed by atoms with van der Waals surface area (Å²) in [5.74, 6) is 0. The Bertz CT molecular complexity index is 500. The first kappa shape index (κ1) is 8.30. The maximum atomic E-state index is 2.23. The number of hydrogen-bond donors (Lipinski definition) is 0. The van der Waals surface area contributed by atoms with E-state index in [0.717, 1.165) is 6.42 Å². The van der Waals surface area contributed by atoms with Gasteiger partial charge in [0.25, 0.3) is 0 Å². The minimum atomic E-state index is 1.11. The number of benzene rings is 2. The fourth-order valence-electron chi connectivity index (χ4n) is 2.16. The van der Waals surface area contributed by atoms with Gasteiger partial charge < -0.3 is 0 Å². The van der Waals surface area contributed by atoms with Crippen LogP contribution in [-0.4, -0.2) is 16.5 Å². The number of fused-ring (bicyclic) bond motifs is 3. The van der Waals surface area contributed by atoms with Crippen LogP contribution in [0.4, 0.5) is 0 Å². The van der Waals surface area contributed by atoms with E-state index in [0.29, 0.717) is 0 Å². The van der Waals surface area contributed by atoms with Crippen molar-refractivity contribution < 1.29 is 0 Å². The second-order valence-electron chi connectivity index (χ2n) is 3.67. The summed E-state index contributed by atoms with van der Waals surface area (Å²) in [4.78, 5) is 0. The Balaban J connectivity index is 2.33. The molecule has 1 aliphatic carbocycles. The van der Waals surface area contributed by atoms with E-state index in [2.05, 4.69) is 59.0 Å². The molecule has 0 spiro atoms. The summed E-state index contributed by atoms with van der Waals surface area (Å²) in [6.07, 6.45) is 1.11. The fourth-order valence-corrected chi connectivity index (χ4v) is 2.83. The molecule has 1 heteroatoms. The van der Waals surface area contributed by atoms with E-state index < -0.39 is 0 Å². The van der Waals surface area contributed by atoms with Crippen molar-refractivity contribution in [3.63, 3.8) is 0 Å². The summed E-state index contributed by atoms with van der Waals surface area (Å²) in [6, 6.07) is 15.3. The molecule has 0 N–H and O–H groups in total. The van der Waals surface area contributed by atoms with Gasteiger partial charge in [-0.05, 0) is 0 Å². The third-order valence-corrected chi connectivity index (χ3v) is 3.83. The summed E-state index contributed by atoms with van der Waals surface area (Å²) >= 11 is 2.20. The first-order valence-corrected chi connectivity index (χ1v) is 5.83. The molecule has 14 heavy (non-hydrogen) atoms. The van der Waals surface area contributed by atoms with Crippen molar-refractivity contribution in [2.75, 3.05) is 0 Å². The Hall–Kier alpha value is -1.02. The molecule has 0 nitrogen and oxygen atoms in total. The summed E-state index contributed by atoms with van der Waals surface area (Å²) in [5.41, 5.74) is 5.83. The molecule has 65 valence electrons. The molecule has 0 bridgehead atoms. The van der Waals surface area contributed by atoms with Crippen molar-refractivity contribution in [2.24, 2.45) is 0 Å². The quantitative estimate of drug-likeness (QED) is 0.525. The second kappa shape index (κ2) is 2.99. The molecular formula is C13H9Ge. The molecule has 0 amide bonds. The van der Waals surface area contributed by atoms with Gasteiger partial charge in [0, 0.05) is 0 Å². The van der Waals surface area contributed by atoms with Gasteiger partial charge in [-0.2, -0.15) is 0 Å². The predicted octanol–water partition coefficient (Wildman–Crippen LogP) is 2.05. The van der Waals surface area contributed by atoms with Crippen LogP contribution in [0.5, 0.6) is 0 Å². The molecular weight excluding hydrogens is 229 g/mol. The van der Waals surface area contributed by atoms with E-state index in [-0.39, 0.29) is 0 Å². The van der Waals surface area contributed by atoms with Crippen molar-refractivity contribution in [3.8, 4) is 11.1 Å². The molecule has 0 unspecified atom stereocenters. The van der Waals surface area contributed by atoms with E-state index in [4.69, 9.17) is 0 Å². The van der Waals surface area contributed by atoms with Crippen LogP contribution in [0.1, 0.15) is 11.1 Å². The SMILES string of the molecule is [Ge][c]1cccc2c1Cc1ccccc1-2. The van der Waals surface area contributed by atoms with Gasteiger partial charge in [0.15, 0.2) is 0 Å². The van der Waals surface area contributed by atoms with Crippen molar-refractivity contribution in [1.82, 2.24) is 0 Å². The van der Waals surface area contributed by atoms with E-state index in [1.807, 2.05) is 0 Å². The predicted molar refractivity (Wildman–Crippen MR) is 60.1 cm³/mol. The minimum absolute atomic E-state index is 1.11. The summed E-state index contributed by atoms with van der Waals surface area (Å²) in [5, 5.41) is 0. The summed E-state index contributed by atoms with van der Waals surface area (Å²) in [6.45, 7) is 0. The van der Waals surface area contributed by atoms with Crippen LogP contribution in [0, 0.1) is 0 Å². The molecule has 0 saturated heterocycles. The zero-order valence-electron chi connectivity index (χ0n) is 7.75. The zero-order chi connectivity index (χ0) is 9.54. The fraction of sp³-hybridized carbons (Fsp3) is 0.0769. The topological polar surface area (TPSA) is 0 Å². The molecule has 1 aliphatic rings. The van der Waals surface area contributed by atoms with Crippen LogP contribution in [0.2, 0.25) is 0 Å². The zero-order valence-corrected chi connectivity index (χ0v) is 9.85. The van der Waals surface area contributed by atoms with Crippen LogP contribution in [0.25, 0.3) is 11.1 Å². The van der Waals surface area contributed by atoms with E-state index in [9.17, 15) is 0 Å². The Morgan fingerprint density at radius 3 is 2.57 bits per heavy atom. The molecule has 3 radical (unpaired) electrons. The molecule has 0 atom stereocenters. The molecule has 0 saturated carbocycles. The van der Waals surface area contributed by atoms with Gasteiger partial charge in [0.2, 0.25) is 0 Å². The van der Waals surface area contributed by atoms with Crippen LogP contribution >= 0.6 is 0 Å². The number of hydrogen-bond acceptors (Lipinski definition) is 0. The van der Waals surface area contributed by atoms with Crippen molar-refractivity contribution >= 4 is 20.9 Å². The molecule has 2 aromatic rings. The van der Waals surface area contributed by atoms with Gasteiger partial charge in [-0.25, -0.2) is 0 Å². The average Bonchev–Trinajstić information content (AvgIpc) is 2.59. The van der Waals surface area contributed by atoms with Gasteiger partial charge in [0.05, 0.1) is 0 Å². The molecule has 3 rings (SSSR count). The Labute approximate surface area is 92.2 Å². The van der Waals surface area contributed by atoms with Gasteiger partial charge in [-0.3, -0.25) is 0 Å². The summed E-state index contributed by atoms with van der Waals surface area (Å²) in [7, 11) is 0. The Kier molecular flexibility index (Phi) is 1.77. The summed E-state index contributed by atoms with van der Waals surface area (Å²) < 4.78 is 1.42. The van der Waals surface area contributed by atoms with Crippen LogP contribution < -0.4 is 4.40 Å². The standard InChI is InChI=1S/C13H9Ge/c14-13-7-3-6-11-10-5-2-1-4-9(10)8-12(11)13/h1-7H,8H2. The van der Waals surface area contributed by atoms with E-state index in [1.165, 1.54) is 26.6 Å². The normalized spacial score (nSPS) is 12.4. The number of rotatable bonds is 0. The van der Waals surface area contributed by atoms with E-state index in [1.54, 1.807) is 0 Å². The maximum absolute atomic E-state index is 2.23. The van der Waals surface area contributed by atoms with Gasteiger partial charge in [-0.1, -0.05) is 0 Å². The first-order chi connectivity index (χ1) is 6.86. The van der Waals surface area contributed by atoms with Crippen molar-refractivity contribution in [2.45, 2.75) is 6.42 Å². The third kappa shape index (κ3) is 1.07. The first-order valence-electron chi connectivity index (χ1n) is 4.78. The van der Waals surface area contributed by atoms with Gasteiger partial charge >= 0.3 is 92.0 Å². The molecule has 0 heterocycles. The van der Waals surface area contributed by atoms with Gasteiger partial charge in [-0.15, -0.1) is 0 Å². The average molecular weight is 238 g/mol. The third-order valence-electron chi connectivity index (χ3n) is 2.85. The van der Waals surface area contributed by atoms with Gasteiger partial charge in [0.1, 0.15) is 0 Å². The molecule has 0 aliphatic heterocycles. The van der Waals surface area contributed by atoms with E-state index >= 15 is 0 Å². The second-order valence-corrected chi connectivity index (χ2v) is 4.80. The Morgan fingerprint density at radius 2 is 1.64 bits per heavy atom. The molecule has 0 fully saturated rings. The Morgan fingerprint density at radius 1 is 0.857 bits per heavy atom. The van der Waals surface area contributed by atoms with Crippen molar-refractivity contribution in [1.29, 1.82) is 0 Å². The van der Waals surface area contributed by atoms with Crippen molar-refractivity contribution in [3.05, 3.63) is 53.6 Å². The monoisotopic (exact) mass is 239 g/mol. The van der Waals surface area contributed by atoms with Crippen LogP contribution in [0.3, 0.4) is 0 Å². The molecule has 2 aromatic carbocycles. The van der Waals surface area contributed by atoms with Crippen LogP contribution in [-0.2, 0) is 6.42 Å². The molecule has 0 aromatic heterocycles. The van der Waals surface area contributed by atoms with Crippen LogP contribution in [0.15, 0.2) is 42.5 Å².